The first kappa shape index (κ1) is 42.1. The summed E-state index contributed by atoms with van der Waals surface area (Å²) in [4.78, 5) is 70.4. The number of fused-ring (bicyclic) bond motifs is 3. The number of alkyl carbamates (subject to hydrolysis) is 1. The number of allylic oxidation sites excluding steroid dienone is 1. The maximum absolute atomic E-state index is 14.6. The number of carbonyl (C=O) groups is 5. The molecule has 0 aromatic heterocycles. The molecule has 4 amide bonds. The summed E-state index contributed by atoms with van der Waals surface area (Å²) in [6.07, 6.45) is -2.04. The molecule has 0 bridgehead atoms. The molecule has 19 heteroatoms. The zero-order chi connectivity index (χ0) is 41.7. The van der Waals surface area contributed by atoms with Crippen molar-refractivity contribution in [2.45, 2.75) is 120 Å². The van der Waals surface area contributed by atoms with Crippen molar-refractivity contribution in [3.8, 4) is 11.5 Å². The van der Waals surface area contributed by atoms with Gasteiger partial charge in [-0.2, -0.15) is 13.2 Å². The van der Waals surface area contributed by atoms with Crippen molar-refractivity contribution in [3.05, 3.63) is 35.9 Å². The molecule has 1 aromatic rings. The summed E-state index contributed by atoms with van der Waals surface area (Å²) in [6.45, 7) is 6.61. The molecule has 5 aliphatic rings. The Hall–Kier alpha value is -4.55. The van der Waals surface area contributed by atoms with Crippen molar-refractivity contribution in [2.75, 3.05) is 19.8 Å². The highest BCUT2D eigenvalue weighted by molar-refractivity contribution is 7.91. The molecule has 6 rings (SSSR count). The summed E-state index contributed by atoms with van der Waals surface area (Å²) in [5, 5.41) is 5.04. The summed E-state index contributed by atoms with van der Waals surface area (Å²) in [7, 11) is -4.10. The molecule has 2 saturated carbocycles. The molecule has 15 nitrogen and oxygen atoms in total. The number of nitrogens with one attached hydrogen (secondary N) is 3. The predicted octanol–water partition coefficient (Wildman–Crippen LogP) is 3.91. The average Bonchev–Trinajstić information content (AvgIpc) is 4.01. The van der Waals surface area contributed by atoms with Crippen LogP contribution in [0.1, 0.15) is 89.9 Å². The highest BCUT2D eigenvalue weighted by atomic mass is 32.2. The number of esters is 1. The number of sulfonamides is 1. The smallest absolute Gasteiger partial charge is 0.427 e. The Morgan fingerprint density at radius 3 is 2.39 bits per heavy atom. The van der Waals surface area contributed by atoms with E-state index in [4.69, 9.17) is 18.9 Å². The third-order valence-corrected chi connectivity index (χ3v) is 13.8. The van der Waals surface area contributed by atoms with E-state index in [1.165, 1.54) is 25.1 Å². The summed E-state index contributed by atoms with van der Waals surface area (Å²) in [6, 6.07) is 1.50. The van der Waals surface area contributed by atoms with Crippen molar-refractivity contribution in [1.82, 2.24) is 20.3 Å². The highest BCUT2D eigenvalue weighted by Crippen LogP contribution is 2.48. The fraction of sp³-hybridized carbons (Fsp3) is 0.658. The fourth-order valence-corrected chi connectivity index (χ4v) is 8.74. The highest BCUT2D eigenvalue weighted by Gasteiger charge is 2.63. The van der Waals surface area contributed by atoms with Gasteiger partial charge < -0.3 is 34.5 Å². The third kappa shape index (κ3) is 8.82. The molecule has 3 aliphatic heterocycles. The van der Waals surface area contributed by atoms with Gasteiger partial charge in [-0.05, 0) is 89.3 Å². The minimum absolute atomic E-state index is 0.0636. The van der Waals surface area contributed by atoms with Crippen LogP contribution in [-0.4, -0.2) is 103 Å². The van der Waals surface area contributed by atoms with E-state index in [0.29, 0.717) is 64.1 Å². The van der Waals surface area contributed by atoms with Gasteiger partial charge in [0, 0.05) is 12.3 Å². The first-order valence-corrected chi connectivity index (χ1v) is 20.6. The van der Waals surface area contributed by atoms with Crippen LogP contribution in [0.5, 0.6) is 11.5 Å². The van der Waals surface area contributed by atoms with E-state index in [1.54, 1.807) is 13.0 Å². The molecule has 7 atom stereocenters. The lowest BCUT2D eigenvalue weighted by molar-refractivity contribution is -0.244. The minimum atomic E-state index is -4.94. The Labute approximate surface area is 328 Å². The standard InChI is InChI=1S/C38H49F3N4O11S/c1-21-8-6-7-9-24-19-37(24,33(49)44-57(51,52)36(5)12-13-36)43-30(46)26-18-25(55-32(48)23-10-11-27-28(17-23)54-15-14-53-27)20-45(26)31(47)29(22(2)16-21)42-34(50)56-35(3,4)38(39,40)41/h7,9-11,17,21-22,24-26,29H,6,8,12-16,18-20H2,1-5H3,(H,42,50)(H,43,46)(H,44,49)/b9-7-/t21-,22-,24-,25-,26+,29+,37-/m1/s1. The molecular weight excluding hydrogens is 777 g/mol. The molecule has 3 N–H and O–H groups in total. The summed E-state index contributed by atoms with van der Waals surface area (Å²) >= 11 is 0. The third-order valence-electron chi connectivity index (χ3n) is 11.6. The van der Waals surface area contributed by atoms with Gasteiger partial charge in [0.25, 0.3) is 5.91 Å². The van der Waals surface area contributed by atoms with Gasteiger partial charge in [0.1, 0.15) is 36.9 Å². The lowest BCUT2D eigenvalue weighted by atomic mass is 9.88. The number of alkyl halides is 3. The average molecular weight is 827 g/mol. The van der Waals surface area contributed by atoms with Gasteiger partial charge >= 0.3 is 18.2 Å². The molecule has 0 radical (unpaired) electrons. The van der Waals surface area contributed by atoms with Crippen molar-refractivity contribution < 1.29 is 64.5 Å². The van der Waals surface area contributed by atoms with Crippen LogP contribution in [0.4, 0.5) is 18.0 Å². The SMILES string of the molecule is C[C@@H]1CC/C=C\[C@@H]2C[C@@]2(C(=O)NS(=O)(=O)C2(C)CC2)NC(=O)[C@@H]2C[C@@H](OC(=O)c3ccc4c(c3)OCCO4)CN2C(=O)[C@@H](NC(=O)OC(C)(C)C(F)(F)F)[C@H](C)C1. The predicted molar refractivity (Wildman–Crippen MR) is 195 cm³/mol. The zero-order valence-electron chi connectivity index (χ0n) is 32.4. The van der Waals surface area contributed by atoms with Crippen LogP contribution >= 0.6 is 0 Å². The van der Waals surface area contributed by atoms with Crippen LogP contribution in [-0.2, 0) is 33.9 Å². The number of hydrogen-bond donors (Lipinski definition) is 3. The van der Waals surface area contributed by atoms with E-state index < -0.39 is 91.9 Å². The van der Waals surface area contributed by atoms with Crippen LogP contribution in [0.3, 0.4) is 0 Å². The Morgan fingerprint density at radius 2 is 1.72 bits per heavy atom. The molecule has 1 aromatic carbocycles. The molecule has 3 fully saturated rings. The molecular formula is C38H49F3N4O11S. The van der Waals surface area contributed by atoms with Gasteiger partial charge in [0.05, 0.1) is 16.9 Å². The number of hydrogen-bond acceptors (Lipinski definition) is 11. The second-order valence-corrected chi connectivity index (χ2v) is 18.8. The molecule has 3 heterocycles. The van der Waals surface area contributed by atoms with Gasteiger partial charge in [-0.1, -0.05) is 26.0 Å². The second kappa shape index (κ2) is 15.3. The van der Waals surface area contributed by atoms with Gasteiger partial charge in [-0.15, -0.1) is 0 Å². The van der Waals surface area contributed by atoms with E-state index in [0.717, 1.165) is 4.90 Å². The monoisotopic (exact) mass is 826 g/mol. The minimum Gasteiger partial charge on any atom is -0.486 e. The first-order valence-electron chi connectivity index (χ1n) is 19.1. The van der Waals surface area contributed by atoms with Crippen LogP contribution in [0, 0.1) is 17.8 Å². The number of carbonyl (C=O) groups excluding carboxylic acids is 5. The number of ether oxygens (including phenoxy) is 4. The van der Waals surface area contributed by atoms with Crippen molar-refractivity contribution in [3.63, 3.8) is 0 Å². The fourth-order valence-electron chi connectivity index (χ4n) is 7.43. The Balaban J connectivity index is 1.31. The van der Waals surface area contributed by atoms with Crippen LogP contribution in [0.15, 0.2) is 30.4 Å². The van der Waals surface area contributed by atoms with Gasteiger partial charge in [0.15, 0.2) is 11.5 Å². The second-order valence-electron chi connectivity index (χ2n) is 16.6. The van der Waals surface area contributed by atoms with Gasteiger partial charge in [-0.25, -0.2) is 18.0 Å². The van der Waals surface area contributed by atoms with Crippen LogP contribution in [0.2, 0.25) is 0 Å². The van der Waals surface area contributed by atoms with E-state index in [9.17, 15) is 45.6 Å². The molecule has 314 valence electrons. The first-order chi connectivity index (χ1) is 26.6. The largest absolute Gasteiger partial charge is 0.486 e. The van der Waals surface area contributed by atoms with Crippen molar-refractivity contribution in [1.29, 1.82) is 0 Å². The number of nitrogens with zero attached hydrogens (tertiary/aromatic N) is 1. The number of rotatable bonds is 7. The normalized spacial score (nSPS) is 30.6. The maximum atomic E-state index is 14.6. The van der Waals surface area contributed by atoms with E-state index in [2.05, 4.69) is 15.4 Å². The maximum Gasteiger partial charge on any atom is 0.427 e. The van der Waals surface area contributed by atoms with Crippen LogP contribution < -0.4 is 24.8 Å². The number of amides is 4. The Morgan fingerprint density at radius 1 is 1.04 bits per heavy atom. The summed E-state index contributed by atoms with van der Waals surface area (Å²) in [5.74, 6) is -4.08. The Bertz CT molecular complexity index is 1940. The van der Waals surface area contributed by atoms with Crippen molar-refractivity contribution >= 4 is 39.8 Å². The van der Waals surface area contributed by atoms with Crippen molar-refractivity contribution in [2.24, 2.45) is 17.8 Å². The molecule has 57 heavy (non-hydrogen) atoms. The van der Waals surface area contributed by atoms with E-state index in [1.807, 2.05) is 13.0 Å². The number of halogens is 3. The molecule has 2 aliphatic carbocycles. The quantitative estimate of drug-likeness (QED) is 0.267. The van der Waals surface area contributed by atoms with Crippen LogP contribution in [0.25, 0.3) is 0 Å². The Kier molecular flexibility index (Phi) is 11.3. The molecule has 0 spiro atoms. The van der Waals surface area contributed by atoms with Gasteiger partial charge in [0.2, 0.25) is 27.4 Å². The molecule has 0 unspecified atom stereocenters. The zero-order valence-corrected chi connectivity index (χ0v) is 33.2. The molecule has 1 saturated heterocycles. The summed E-state index contributed by atoms with van der Waals surface area (Å²) < 4.78 is 90.0. The lowest BCUT2D eigenvalue weighted by Gasteiger charge is -2.34. The van der Waals surface area contributed by atoms with E-state index >= 15 is 0 Å². The lowest BCUT2D eigenvalue weighted by Crippen LogP contribution is -2.59. The van der Waals surface area contributed by atoms with E-state index in [-0.39, 0.29) is 37.5 Å². The number of benzene rings is 1. The topological polar surface area (TPSA) is 196 Å². The van der Waals surface area contributed by atoms with Gasteiger partial charge in [-0.3, -0.25) is 19.1 Å². The summed E-state index contributed by atoms with van der Waals surface area (Å²) in [5.41, 5.74) is -4.51.